The average molecular weight is 206 g/mol. The zero-order valence-electron chi connectivity index (χ0n) is 9.44. The molecule has 0 spiro atoms. The average Bonchev–Trinajstić information content (AvgIpc) is 2.85. The van der Waals surface area contributed by atoms with Crippen LogP contribution in [0, 0.1) is 0 Å². The van der Waals surface area contributed by atoms with E-state index in [1.54, 1.807) is 6.20 Å². The number of carbonyl (C=O) groups excluding carboxylic acids is 1. The third-order valence-electron chi connectivity index (χ3n) is 3.21. The molecule has 0 amide bonds. The molecule has 0 atom stereocenters. The highest BCUT2D eigenvalue weighted by atomic mass is 16.1. The van der Waals surface area contributed by atoms with E-state index >= 15 is 0 Å². The molecular formula is C12H18N2O. The molecule has 2 rings (SSSR count). The zero-order valence-corrected chi connectivity index (χ0v) is 9.44. The van der Waals surface area contributed by atoms with Crippen molar-refractivity contribution in [2.75, 3.05) is 0 Å². The highest BCUT2D eigenvalue weighted by molar-refractivity contribution is 5.76. The predicted octanol–water partition coefficient (Wildman–Crippen LogP) is 2.93. The van der Waals surface area contributed by atoms with Crippen LogP contribution in [0.4, 0.5) is 0 Å². The lowest BCUT2D eigenvalue weighted by Gasteiger charge is -2.16. The van der Waals surface area contributed by atoms with E-state index in [1.807, 2.05) is 0 Å². The third-order valence-corrected chi connectivity index (χ3v) is 3.21. The summed E-state index contributed by atoms with van der Waals surface area (Å²) in [6.45, 7) is 4.24. The van der Waals surface area contributed by atoms with Crippen molar-refractivity contribution in [3.8, 4) is 0 Å². The Morgan fingerprint density at radius 2 is 2.13 bits per heavy atom. The minimum absolute atomic E-state index is 0.369. The smallest absolute Gasteiger partial charge is 0.153 e. The molecule has 0 bridgehead atoms. The molecule has 1 saturated carbocycles. The van der Waals surface area contributed by atoms with Gasteiger partial charge in [0, 0.05) is 0 Å². The van der Waals surface area contributed by atoms with Gasteiger partial charge in [-0.2, -0.15) is 5.10 Å². The second kappa shape index (κ2) is 4.17. The Kier molecular flexibility index (Phi) is 2.89. The molecule has 1 fully saturated rings. The number of carbonyl (C=O) groups is 1. The van der Waals surface area contributed by atoms with Gasteiger partial charge in [-0.05, 0) is 18.8 Å². The highest BCUT2D eigenvalue weighted by Gasteiger charge is 2.23. The number of aromatic nitrogens is 2. The topological polar surface area (TPSA) is 34.9 Å². The van der Waals surface area contributed by atoms with Crippen molar-refractivity contribution in [2.45, 2.75) is 51.5 Å². The summed E-state index contributed by atoms with van der Waals surface area (Å²) in [6, 6.07) is 0.524. The van der Waals surface area contributed by atoms with Crippen LogP contribution < -0.4 is 0 Å². The first kappa shape index (κ1) is 10.4. The van der Waals surface area contributed by atoms with E-state index in [0.717, 1.165) is 17.5 Å². The third kappa shape index (κ3) is 1.83. The largest absolute Gasteiger partial charge is 0.298 e. The lowest BCUT2D eigenvalue weighted by Crippen LogP contribution is -2.12. The molecule has 0 N–H and O–H groups in total. The van der Waals surface area contributed by atoms with Crippen LogP contribution in [0.3, 0.4) is 0 Å². The normalized spacial score (nSPS) is 17.5. The molecule has 0 saturated heterocycles. The van der Waals surface area contributed by atoms with Crippen LogP contribution in [0.1, 0.15) is 67.5 Å². The number of aldehydes is 1. The van der Waals surface area contributed by atoms with Crippen molar-refractivity contribution in [1.29, 1.82) is 0 Å². The molecule has 1 aliphatic rings. The van der Waals surface area contributed by atoms with Crippen molar-refractivity contribution >= 4 is 6.29 Å². The Bertz CT molecular complexity index is 349. The maximum absolute atomic E-state index is 10.9. The monoisotopic (exact) mass is 206 g/mol. The van der Waals surface area contributed by atoms with E-state index in [9.17, 15) is 4.79 Å². The van der Waals surface area contributed by atoms with Gasteiger partial charge in [0.2, 0.25) is 0 Å². The van der Waals surface area contributed by atoms with E-state index in [1.165, 1.54) is 25.7 Å². The summed E-state index contributed by atoms with van der Waals surface area (Å²) in [5, 5.41) is 4.38. The molecule has 1 heterocycles. The van der Waals surface area contributed by atoms with E-state index < -0.39 is 0 Å². The van der Waals surface area contributed by atoms with Crippen LogP contribution >= 0.6 is 0 Å². The number of hydrogen-bond donors (Lipinski definition) is 0. The summed E-state index contributed by atoms with van der Waals surface area (Å²) in [6.07, 6.45) is 7.63. The number of nitrogens with zero attached hydrogens (tertiary/aromatic N) is 2. The fourth-order valence-electron chi connectivity index (χ4n) is 2.51. The van der Waals surface area contributed by atoms with Crippen LogP contribution in [0.25, 0.3) is 0 Å². The van der Waals surface area contributed by atoms with E-state index in [4.69, 9.17) is 0 Å². The van der Waals surface area contributed by atoms with Crippen molar-refractivity contribution in [3.05, 3.63) is 17.5 Å². The van der Waals surface area contributed by atoms with Gasteiger partial charge in [-0.3, -0.25) is 9.48 Å². The van der Waals surface area contributed by atoms with Gasteiger partial charge >= 0.3 is 0 Å². The van der Waals surface area contributed by atoms with Gasteiger partial charge in [0.15, 0.2) is 6.29 Å². The second-order valence-electron chi connectivity index (χ2n) is 4.64. The maximum atomic E-state index is 10.9. The molecular weight excluding hydrogens is 188 g/mol. The molecule has 0 aromatic carbocycles. The molecule has 3 nitrogen and oxygen atoms in total. The fourth-order valence-corrected chi connectivity index (χ4v) is 2.51. The summed E-state index contributed by atoms with van der Waals surface area (Å²) in [5.41, 5.74) is 1.87. The van der Waals surface area contributed by atoms with Crippen LogP contribution in [0.5, 0.6) is 0 Å². The Morgan fingerprint density at radius 1 is 1.47 bits per heavy atom. The van der Waals surface area contributed by atoms with Gasteiger partial charge in [-0.25, -0.2) is 0 Å². The Labute approximate surface area is 90.5 Å². The molecule has 1 aliphatic carbocycles. The minimum Gasteiger partial charge on any atom is -0.298 e. The van der Waals surface area contributed by atoms with Crippen molar-refractivity contribution in [3.63, 3.8) is 0 Å². The molecule has 15 heavy (non-hydrogen) atoms. The molecule has 0 aliphatic heterocycles. The van der Waals surface area contributed by atoms with E-state index in [2.05, 4.69) is 23.6 Å². The quantitative estimate of drug-likeness (QED) is 0.713. The predicted molar refractivity (Wildman–Crippen MR) is 59.2 cm³/mol. The van der Waals surface area contributed by atoms with Crippen LogP contribution in [0.2, 0.25) is 0 Å². The summed E-state index contributed by atoms with van der Waals surface area (Å²) in [7, 11) is 0. The zero-order chi connectivity index (χ0) is 10.8. The Morgan fingerprint density at radius 3 is 2.67 bits per heavy atom. The summed E-state index contributed by atoms with van der Waals surface area (Å²) < 4.78 is 2.08. The summed E-state index contributed by atoms with van der Waals surface area (Å²) >= 11 is 0. The van der Waals surface area contributed by atoms with Crippen LogP contribution in [-0.4, -0.2) is 16.1 Å². The molecule has 82 valence electrons. The van der Waals surface area contributed by atoms with Crippen molar-refractivity contribution in [2.24, 2.45) is 0 Å². The Balaban J connectivity index is 2.37. The standard InChI is InChI=1S/C12H18N2O/c1-9(2)12-10(8-15)7-13-14(12)11-5-3-4-6-11/h7-9,11H,3-6H2,1-2H3. The second-order valence-corrected chi connectivity index (χ2v) is 4.64. The first-order valence-electron chi connectivity index (χ1n) is 5.76. The Hall–Kier alpha value is -1.12. The van der Waals surface area contributed by atoms with E-state index in [-0.39, 0.29) is 0 Å². The summed E-state index contributed by atoms with van der Waals surface area (Å²) in [4.78, 5) is 10.9. The lowest BCUT2D eigenvalue weighted by atomic mass is 10.1. The van der Waals surface area contributed by atoms with Gasteiger partial charge in [0.1, 0.15) is 0 Å². The van der Waals surface area contributed by atoms with Gasteiger partial charge in [-0.15, -0.1) is 0 Å². The van der Waals surface area contributed by atoms with Gasteiger partial charge in [0.25, 0.3) is 0 Å². The number of hydrogen-bond acceptors (Lipinski definition) is 2. The molecule has 3 heteroatoms. The van der Waals surface area contributed by atoms with Gasteiger partial charge < -0.3 is 0 Å². The number of rotatable bonds is 3. The first-order chi connectivity index (χ1) is 7.24. The summed E-state index contributed by atoms with van der Waals surface area (Å²) in [5.74, 6) is 0.369. The van der Waals surface area contributed by atoms with Gasteiger partial charge in [0.05, 0.1) is 23.5 Å². The molecule has 1 aromatic heterocycles. The molecule has 1 aromatic rings. The molecule has 0 unspecified atom stereocenters. The highest BCUT2D eigenvalue weighted by Crippen LogP contribution is 2.32. The van der Waals surface area contributed by atoms with Gasteiger partial charge in [-0.1, -0.05) is 26.7 Å². The lowest BCUT2D eigenvalue weighted by molar-refractivity contribution is 0.112. The fraction of sp³-hybridized carbons (Fsp3) is 0.667. The van der Waals surface area contributed by atoms with Crippen LogP contribution in [-0.2, 0) is 0 Å². The van der Waals surface area contributed by atoms with Crippen molar-refractivity contribution in [1.82, 2.24) is 9.78 Å². The first-order valence-corrected chi connectivity index (χ1v) is 5.76. The minimum atomic E-state index is 0.369. The molecule has 0 radical (unpaired) electrons. The van der Waals surface area contributed by atoms with Crippen molar-refractivity contribution < 1.29 is 4.79 Å². The SMILES string of the molecule is CC(C)c1c(C=O)cnn1C1CCCC1. The van der Waals surface area contributed by atoms with Crippen LogP contribution in [0.15, 0.2) is 6.20 Å². The maximum Gasteiger partial charge on any atom is 0.153 e. The van der Waals surface area contributed by atoms with E-state index in [0.29, 0.717) is 12.0 Å².